The van der Waals surface area contributed by atoms with Gasteiger partial charge >= 0.3 is 0 Å². The van der Waals surface area contributed by atoms with E-state index < -0.39 is 0 Å². The third kappa shape index (κ3) is 3.58. The molecule has 0 spiro atoms. The fraction of sp³-hybridized carbons (Fsp3) is 0.294. The van der Waals surface area contributed by atoms with Crippen molar-refractivity contribution >= 4 is 5.69 Å². The minimum absolute atomic E-state index is 0.207. The monoisotopic (exact) mass is 272 g/mol. The summed E-state index contributed by atoms with van der Waals surface area (Å²) in [6.45, 7) is 2.79. The Balaban J connectivity index is 2.04. The number of hydrogen-bond acceptors (Lipinski definition) is 2. The largest absolute Gasteiger partial charge is 0.373 e. The van der Waals surface area contributed by atoms with E-state index in [1.807, 2.05) is 13.1 Å². The van der Waals surface area contributed by atoms with Gasteiger partial charge in [-0.05, 0) is 41.8 Å². The first-order valence-corrected chi connectivity index (χ1v) is 6.91. The van der Waals surface area contributed by atoms with Crippen molar-refractivity contribution in [2.75, 3.05) is 18.5 Å². The second-order valence-corrected chi connectivity index (χ2v) is 5.06. The predicted octanol–water partition coefficient (Wildman–Crippen LogP) is 3.52. The van der Waals surface area contributed by atoms with Crippen LogP contribution in [0.3, 0.4) is 0 Å². The van der Waals surface area contributed by atoms with Crippen molar-refractivity contribution in [3.05, 3.63) is 65.5 Å². The lowest BCUT2D eigenvalue weighted by Crippen LogP contribution is -2.29. The van der Waals surface area contributed by atoms with Crippen LogP contribution in [0.15, 0.2) is 48.5 Å². The fourth-order valence-corrected chi connectivity index (χ4v) is 2.23. The van der Waals surface area contributed by atoms with Crippen molar-refractivity contribution in [2.45, 2.75) is 19.4 Å². The van der Waals surface area contributed by atoms with Gasteiger partial charge in [0.1, 0.15) is 5.82 Å². The molecule has 0 aromatic heterocycles. The molecule has 106 valence electrons. The zero-order valence-corrected chi connectivity index (χ0v) is 12.0. The van der Waals surface area contributed by atoms with Gasteiger partial charge in [0.2, 0.25) is 0 Å². The number of aryl methyl sites for hydroxylation is 1. The second-order valence-electron chi connectivity index (χ2n) is 5.06. The van der Waals surface area contributed by atoms with Crippen LogP contribution in [0.2, 0.25) is 0 Å². The van der Waals surface area contributed by atoms with Crippen LogP contribution in [-0.2, 0) is 6.42 Å². The number of nitrogens with zero attached hydrogens (tertiary/aromatic N) is 1. The standard InChI is InChI=1S/C17H21FN2/c1-3-13-7-9-16(10-8-13)20(2)12-17(19)14-5-4-6-15(18)11-14/h4-11,17H,3,12,19H2,1-2H3. The molecule has 2 rings (SSSR count). The van der Waals surface area contributed by atoms with Gasteiger partial charge in [0.05, 0.1) is 0 Å². The molecule has 2 aromatic rings. The van der Waals surface area contributed by atoms with Crippen molar-refractivity contribution in [3.63, 3.8) is 0 Å². The highest BCUT2D eigenvalue weighted by Crippen LogP contribution is 2.18. The number of nitrogens with two attached hydrogens (primary N) is 1. The molecular formula is C17H21FN2. The van der Waals surface area contributed by atoms with Gasteiger partial charge in [-0.2, -0.15) is 0 Å². The number of likely N-dealkylation sites (N-methyl/N-ethyl adjacent to an activating group) is 1. The molecule has 0 heterocycles. The molecule has 0 saturated carbocycles. The van der Waals surface area contributed by atoms with E-state index in [0.717, 1.165) is 17.7 Å². The average Bonchev–Trinajstić information content (AvgIpc) is 2.47. The average molecular weight is 272 g/mol. The summed E-state index contributed by atoms with van der Waals surface area (Å²) in [6.07, 6.45) is 1.03. The summed E-state index contributed by atoms with van der Waals surface area (Å²) in [5, 5.41) is 0. The van der Waals surface area contributed by atoms with E-state index in [-0.39, 0.29) is 11.9 Å². The second kappa shape index (κ2) is 6.53. The van der Waals surface area contributed by atoms with Crippen LogP contribution in [0.25, 0.3) is 0 Å². The Bertz CT molecular complexity index is 551. The van der Waals surface area contributed by atoms with Crippen molar-refractivity contribution in [1.82, 2.24) is 0 Å². The van der Waals surface area contributed by atoms with Gasteiger partial charge in [0.25, 0.3) is 0 Å². The lowest BCUT2D eigenvalue weighted by molar-refractivity contribution is 0.618. The SMILES string of the molecule is CCc1ccc(N(C)CC(N)c2cccc(F)c2)cc1. The predicted molar refractivity (Wildman–Crippen MR) is 82.4 cm³/mol. The molecule has 0 saturated heterocycles. The van der Waals surface area contributed by atoms with Crippen LogP contribution in [0.1, 0.15) is 24.1 Å². The van der Waals surface area contributed by atoms with Crippen LogP contribution in [0.5, 0.6) is 0 Å². The molecule has 1 unspecified atom stereocenters. The van der Waals surface area contributed by atoms with E-state index >= 15 is 0 Å². The highest BCUT2D eigenvalue weighted by molar-refractivity contribution is 5.47. The van der Waals surface area contributed by atoms with E-state index in [1.54, 1.807) is 6.07 Å². The summed E-state index contributed by atoms with van der Waals surface area (Å²) in [5.41, 5.74) is 9.41. The maximum absolute atomic E-state index is 13.2. The first-order valence-electron chi connectivity index (χ1n) is 6.91. The lowest BCUT2D eigenvalue weighted by Gasteiger charge is -2.24. The number of benzene rings is 2. The van der Waals surface area contributed by atoms with E-state index in [2.05, 4.69) is 36.1 Å². The van der Waals surface area contributed by atoms with Crippen LogP contribution in [0, 0.1) is 5.82 Å². The van der Waals surface area contributed by atoms with E-state index in [9.17, 15) is 4.39 Å². The molecule has 0 aliphatic heterocycles. The van der Waals surface area contributed by atoms with E-state index in [4.69, 9.17) is 5.73 Å². The Kier molecular flexibility index (Phi) is 4.74. The van der Waals surface area contributed by atoms with Gasteiger partial charge in [-0.1, -0.05) is 31.2 Å². The number of hydrogen-bond donors (Lipinski definition) is 1. The summed E-state index contributed by atoms with van der Waals surface area (Å²) < 4.78 is 13.2. The van der Waals surface area contributed by atoms with Gasteiger partial charge < -0.3 is 10.6 Å². The Labute approximate surface area is 120 Å². The van der Waals surface area contributed by atoms with Gasteiger partial charge in [0.15, 0.2) is 0 Å². The van der Waals surface area contributed by atoms with Crippen molar-refractivity contribution in [1.29, 1.82) is 0 Å². The summed E-state index contributed by atoms with van der Waals surface area (Å²) in [7, 11) is 2.00. The van der Waals surface area contributed by atoms with Crippen LogP contribution < -0.4 is 10.6 Å². The zero-order valence-electron chi connectivity index (χ0n) is 12.0. The van der Waals surface area contributed by atoms with E-state index in [0.29, 0.717) is 6.54 Å². The zero-order chi connectivity index (χ0) is 14.5. The third-order valence-corrected chi connectivity index (χ3v) is 3.53. The smallest absolute Gasteiger partial charge is 0.123 e. The molecular weight excluding hydrogens is 251 g/mol. The van der Waals surface area contributed by atoms with Crippen molar-refractivity contribution < 1.29 is 4.39 Å². The first-order chi connectivity index (χ1) is 9.60. The van der Waals surface area contributed by atoms with Crippen molar-refractivity contribution in [3.8, 4) is 0 Å². The van der Waals surface area contributed by atoms with Crippen LogP contribution in [0.4, 0.5) is 10.1 Å². The topological polar surface area (TPSA) is 29.3 Å². The molecule has 20 heavy (non-hydrogen) atoms. The Morgan fingerprint density at radius 3 is 2.45 bits per heavy atom. The Hall–Kier alpha value is -1.87. The van der Waals surface area contributed by atoms with Gasteiger partial charge in [0, 0.05) is 25.3 Å². The third-order valence-electron chi connectivity index (χ3n) is 3.53. The maximum Gasteiger partial charge on any atom is 0.123 e. The molecule has 1 atom stereocenters. The molecule has 0 bridgehead atoms. The summed E-state index contributed by atoms with van der Waals surface area (Å²) in [4.78, 5) is 2.09. The molecule has 0 aliphatic rings. The van der Waals surface area contributed by atoms with Crippen molar-refractivity contribution in [2.24, 2.45) is 5.73 Å². The normalized spacial score (nSPS) is 12.2. The van der Waals surface area contributed by atoms with Crippen LogP contribution in [-0.4, -0.2) is 13.6 Å². The van der Waals surface area contributed by atoms with Gasteiger partial charge in [-0.3, -0.25) is 0 Å². The Morgan fingerprint density at radius 1 is 1.15 bits per heavy atom. The first kappa shape index (κ1) is 14.5. The summed E-state index contributed by atoms with van der Waals surface area (Å²) in [6, 6.07) is 14.7. The number of halogens is 1. The highest BCUT2D eigenvalue weighted by atomic mass is 19.1. The molecule has 2 N–H and O–H groups in total. The molecule has 0 aliphatic carbocycles. The molecule has 2 aromatic carbocycles. The summed E-state index contributed by atoms with van der Waals surface area (Å²) >= 11 is 0. The number of anilines is 1. The quantitative estimate of drug-likeness (QED) is 0.902. The summed E-state index contributed by atoms with van der Waals surface area (Å²) in [5.74, 6) is -0.243. The molecule has 3 heteroatoms. The molecule has 0 radical (unpaired) electrons. The van der Waals surface area contributed by atoms with E-state index in [1.165, 1.54) is 17.7 Å². The molecule has 0 fully saturated rings. The van der Waals surface area contributed by atoms with Gasteiger partial charge in [-0.15, -0.1) is 0 Å². The molecule has 0 amide bonds. The molecule has 2 nitrogen and oxygen atoms in total. The van der Waals surface area contributed by atoms with Gasteiger partial charge in [-0.25, -0.2) is 4.39 Å². The van der Waals surface area contributed by atoms with Crippen LogP contribution >= 0.6 is 0 Å². The Morgan fingerprint density at radius 2 is 1.85 bits per heavy atom. The lowest BCUT2D eigenvalue weighted by atomic mass is 10.1. The minimum Gasteiger partial charge on any atom is -0.373 e. The maximum atomic E-state index is 13.2. The number of rotatable bonds is 5. The minimum atomic E-state index is -0.243. The highest BCUT2D eigenvalue weighted by Gasteiger charge is 2.10. The fourth-order valence-electron chi connectivity index (χ4n) is 2.23.